The van der Waals surface area contributed by atoms with E-state index in [4.69, 9.17) is 0 Å². The zero-order chi connectivity index (χ0) is 18.1. The van der Waals surface area contributed by atoms with Crippen molar-refractivity contribution in [1.82, 2.24) is 14.6 Å². The number of aromatic nitrogens is 3. The highest BCUT2D eigenvalue weighted by Crippen LogP contribution is 2.23. The molecule has 0 spiro atoms. The Kier molecular flexibility index (Phi) is 4.22. The number of hydrogen-bond donors (Lipinski definition) is 1. The molecule has 4 rings (SSSR count). The van der Waals surface area contributed by atoms with Crippen molar-refractivity contribution in [2.75, 3.05) is 5.32 Å². The highest BCUT2D eigenvalue weighted by Gasteiger charge is 2.15. The molecule has 130 valence electrons. The molecular weight excluding hydrogens is 351 g/mol. The first kappa shape index (κ1) is 16.4. The van der Waals surface area contributed by atoms with Gasteiger partial charge in [0.05, 0.1) is 5.69 Å². The van der Waals surface area contributed by atoms with Crippen LogP contribution in [-0.4, -0.2) is 20.5 Å². The Morgan fingerprint density at radius 2 is 2.04 bits per heavy atom. The van der Waals surface area contributed by atoms with Crippen molar-refractivity contribution >= 4 is 28.6 Å². The number of rotatable bonds is 4. The number of benzene rings is 1. The molecule has 0 fully saturated rings. The maximum Gasteiger partial charge on any atom is 0.274 e. The summed E-state index contributed by atoms with van der Waals surface area (Å²) in [7, 11) is 0. The zero-order valence-corrected chi connectivity index (χ0v) is 14.8. The summed E-state index contributed by atoms with van der Waals surface area (Å²) in [5, 5.41) is 11.4. The monoisotopic (exact) mass is 366 g/mol. The maximum absolute atomic E-state index is 13.0. The molecule has 1 amide bonds. The van der Waals surface area contributed by atoms with E-state index in [0.29, 0.717) is 23.4 Å². The van der Waals surface area contributed by atoms with Gasteiger partial charge in [-0.15, -0.1) is 0 Å². The molecule has 0 saturated heterocycles. The van der Waals surface area contributed by atoms with E-state index in [1.165, 1.54) is 24.3 Å². The fourth-order valence-electron chi connectivity index (χ4n) is 2.68. The number of nitrogens with zero attached hydrogens (tertiary/aromatic N) is 3. The summed E-state index contributed by atoms with van der Waals surface area (Å²) in [4.78, 5) is 17.0. The SMILES string of the molecule is CCc1cc(C(=O)Nc2ccc(F)cc2)nc2cc(-c3ccsc3)nn12. The molecule has 0 saturated carbocycles. The molecule has 0 bridgehead atoms. The Morgan fingerprint density at radius 3 is 2.73 bits per heavy atom. The van der Waals surface area contributed by atoms with Crippen LogP contribution in [0.1, 0.15) is 23.1 Å². The van der Waals surface area contributed by atoms with Crippen LogP contribution in [0.2, 0.25) is 0 Å². The molecule has 1 N–H and O–H groups in total. The van der Waals surface area contributed by atoms with Gasteiger partial charge in [0.1, 0.15) is 11.5 Å². The van der Waals surface area contributed by atoms with Crippen LogP contribution < -0.4 is 5.32 Å². The van der Waals surface area contributed by atoms with Crippen LogP contribution in [0.5, 0.6) is 0 Å². The normalized spacial score (nSPS) is 11.0. The summed E-state index contributed by atoms with van der Waals surface area (Å²) < 4.78 is 14.8. The number of nitrogens with one attached hydrogen (secondary N) is 1. The third-order valence-electron chi connectivity index (χ3n) is 4.01. The quantitative estimate of drug-likeness (QED) is 0.582. The number of amides is 1. The van der Waals surface area contributed by atoms with Crippen molar-refractivity contribution in [3.05, 3.63) is 70.4 Å². The highest BCUT2D eigenvalue weighted by atomic mass is 32.1. The summed E-state index contributed by atoms with van der Waals surface area (Å²) in [5.74, 6) is -0.692. The minimum absolute atomic E-state index is 0.301. The molecular formula is C19H15FN4OS. The molecule has 4 aromatic rings. The number of aryl methyl sites for hydroxylation is 1. The fraction of sp³-hybridized carbons (Fsp3) is 0.105. The molecule has 5 nitrogen and oxygen atoms in total. The standard InChI is InChI=1S/C19H15FN4OS/c1-2-15-9-17(19(25)21-14-5-3-13(20)4-6-14)22-18-10-16(23-24(15)18)12-7-8-26-11-12/h3-11H,2H2,1H3,(H,21,25). The first-order chi connectivity index (χ1) is 12.6. The van der Waals surface area contributed by atoms with E-state index in [-0.39, 0.29) is 11.7 Å². The minimum Gasteiger partial charge on any atom is -0.321 e. The zero-order valence-electron chi connectivity index (χ0n) is 13.9. The first-order valence-corrected chi connectivity index (χ1v) is 9.07. The Labute approximate surface area is 153 Å². The first-order valence-electron chi connectivity index (χ1n) is 8.13. The molecule has 0 unspecified atom stereocenters. The van der Waals surface area contributed by atoms with Crippen LogP contribution in [-0.2, 0) is 6.42 Å². The predicted octanol–water partition coefficient (Wildman–Crippen LogP) is 4.41. The van der Waals surface area contributed by atoms with E-state index in [0.717, 1.165) is 17.0 Å². The number of carbonyl (C=O) groups is 1. The minimum atomic E-state index is -0.351. The smallest absolute Gasteiger partial charge is 0.274 e. The van der Waals surface area contributed by atoms with Crippen LogP contribution >= 0.6 is 11.3 Å². The Hall–Kier alpha value is -3.06. The van der Waals surface area contributed by atoms with E-state index in [9.17, 15) is 9.18 Å². The van der Waals surface area contributed by atoms with Crippen molar-refractivity contribution in [3.63, 3.8) is 0 Å². The van der Waals surface area contributed by atoms with Crippen LogP contribution in [0, 0.1) is 5.82 Å². The average Bonchev–Trinajstić information content (AvgIpc) is 3.31. The summed E-state index contributed by atoms with van der Waals surface area (Å²) in [6.45, 7) is 2.00. The molecule has 7 heteroatoms. The summed E-state index contributed by atoms with van der Waals surface area (Å²) in [6.07, 6.45) is 0.709. The summed E-state index contributed by atoms with van der Waals surface area (Å²) in [5.41, 5.74) is 4.18. The van der Waals surface area contributed by atoms with Gasteiger partial charge in [-0.25, -0.2) is 13.9 Å². The largest absolute Gasteiger partial charge is 0.321 e. The number of fused-ring (bicyclic) bond motifs is 1. The van der Waals surface area contributed by atoms with E-state index in [1.807, 2.05) is 29.8 Å². The van der Waals surface area contributed by atoms with Crippen molar-refractivity contribution in [2.45, 2.75) is 13.3 Å². The fourth-order valence-corrected chi connectivity index (χ4v) is 3.33. The lowest BCUT2D eigenvalue weighted by Crippen LogP contribution is -2.15. The highest BCUT2D eigenvalue weighted by molar-refractivity contribution is 7.08. The summed E-state index contributed by atoms with van der Waals surface area (Å²) >= 11 is 1.60. The lowest BCUT2D eigenvalue weighted by atomic mass is 10.2. The number of carbonyl (C=O) groups excluding carboxylic acids is 1. The Morgan fingerprint density at radius 1 is 1.23 bits per heavy atom. The Bertz CT molecular complexity index is 1070. The molecule has 0 aliphatic rings. The molecule has 0 radical (unpaired) electrons. The summed E-state index contributed by atoms with van der Waals surface area (Å²) in [6, 6.07) is 11.2. The van der Waals surface area contributed by atoms with Crippen molar-refractivity contribution < 1.29 is 9.18 Å². The van der Waals surface area contributed by atoms with Gasteiger partial charge in [-0.05, 0) is 48.2 Å². The van der Waals surface area contributed by atoms with Crippen LogP contribution in [0.4, 0.5) is 10.1 Å². The molecule has 0 aliphatic heterocycles. The maximum atomic E-state index is 13.0. The predicted molar refractivity (Wildman–Crippen MR) is 100 cm³/mol. The van der Waals surface area contributed by atoms with Gasteiger partial charge in [0.2, 0.25) is 0 Å². The lowest BCUT2D eigenvalue weighted by Gasteiger charge is -2.07. The van der Waals surface area contributed by atoms with Crippen LogP contribution in [0.15, 0.2) is 53.2 Å². The van der Waals surface area contributed by atoms with Crippen molar-refractivity contribution in [3.8, 4) is 11.3 Å². The number of hydrogen-bond acceptors (Lipinski definition) is 4. The molecule has 1 aromatic carbocycles. The second-order valence-electron chi connectivity index (χ2n) is 5.76. The molecule has 0 atom stereocenters. The third-order valence-corrected chi connectivity index (χ3v) is 4.70. The van der Waals surface area contributed by atoms with Gasteiger partial charge in [0.15, 0.2) is 5.65 Å². The molecule has 3 aromatic heterocycles. The second kappa shape index (κ2) is 6.68. The van der Waals surface area contributed by atoms with Gasteiger partial charge >= 0.3 is 0 Å². The molecule has 3 heterocycles. The number of halogens is 1. The second-order valence-corrected chi connectivity index (χ2v) is 6.54. The van der Waals surface area contributed by atoms with Crippen LogP contribution in [0.25, 0.3) is 16.9 Å². The van der Waals surface area contributed by atoms with Crippen LogP contribution in [0.3, 0.4) is 0 Å². The van der Waals surface area contributed by atoms with Crippen molar-refractivity contribution in [2.24, 2.45) is 0 Å². The molecule has 0 aliphatic carbocycles. The number of anilines is 1. The van der Waals surface area contributed by atoms with Gasteiger partial charge in [-0.1, -0.05) is 6.92 Å². The van der Waals surface area contributed by atoms with Gasteiger partial charge in [0, 0.05) is 28.4 Å². The number of thiophene rings is 1. The topological polar surface area (TPSA) is 59.3 Å². The lowest BCUT2D eigenvalue weighted by molar-refractivity contribution is 0.102. The van der Waals surface area contributed by atoms with Gasteiger partial charge in [-0.2, -0.15) is 16.4 Å². The van der Waals surface area contributed by atoms with Gasteiger partial charge in [0.25, 0.3) is 5.91 Å². The van der Waals surface area contributed by atoms with E-state index < -0.39 is 0 Å². The van der Waals surface area contributed by atoms with Gasteiger partial charge < -0.3 is 5.32 Å². The third kappa shape index (κ3) is 3.09. The van der Waals surface area contributed by atoms with Crippen molar-refractivity contribution in [1.29, 1.82) is 0 Å². The van der Waals surface area contributed by atoms with Gasteiger partial charge in [-0.3, -0.25) is 4.79 Å². The van der Waals surface area contributed by atoms with E-state index in [2.05, 4.69) is 15.4 Å². The van der Waals surface area contributed by atoms with E-state index >= 15 is 0 Å². The Balaban J connectivity index is 1.70. The van der Waals surface area contributed by atoms with E-state index in [1.54, 1.807) is 21.9 Å². The average molecular weight is 366 g/mol. The molecule has 26 heavy (non-hydrogen) atoms.